The van der Waals surface area contributed by atoms with Crippen LogP contribution in [0.25, 0.3) is 0 Å². The molecule has 2 N–H and O–H groups in total. The van der Waals surface area contributed by atoms with Crippen molar-refractivity contribution in [3.05, 3.63) is 88.7 Å². The molecular weight excluding hydrogens is 502 g/mol. The van der Waals surface area contributed by atoms with Gasteiger partial charge in [-0.05, 0) is 73.7 Å². The van der Waals surface area contributed by atoms with Crippen LogP contribution in [0.5, 0.6) is 0 Å². The number of rotatable bonds is 8. The van der Waals surface area contributed by atoms with E-state index in [9.17, 15) is 9.59 Å². The zero-order valence-electron chi connectivity index (χ0n) is 23.7. The third-order valence-electron chi connectivity index (χ3n) is 8.74. The summed E-state index contributed by atoms with van der Waals surface area (Å²) in [4.78, 5) is 29.7. The Kier molecular flexibility index (Phi) is 6.92. The van der Waals surface area contributed by atoms with E-state index in [4.69, 9.17) is 4.74 Å². The van der Waals surface area contributed by atoms with Crippen molar-refractivity contribution in [3.8, 4) is 0 Å². The molecule has 6 rings (SSSR count). The number of hydrogen-bond acceptors (Lipinski definition) is 5. The summed E-state index contributed by atoms with van der Waals surface area (Å²) in [6.45, 7) is 6.59. The third-order valence-corrected chi connectivity index (χ3v) is 8.74. The van der Waals surface area contributed by atoms with Gasteiger partial charge in [0.15, 0.2) is 0 Å². The molecule has 3 heterocycles. The van der Waals surface area contributed by atoms with Crippen LogP contribution in [-0.2, 0) is 29.9 Å². The van der Waals surface area contributed by atoms with Crippen LogP contribution < -0.4 is 10.6 Å². The lowest BCUT2D eigenvalue weighted by Crippen LogP contribution is -2.56. The van der Waals surface area contributed by atoms with Crippen molar-refractivity contribution in [2.24, 2.45) is 0 Å². The van der Waals surface area contributed by atoms with Gasteiger partial charge in [0.2, 0.25) is 0 Å². The van der Waals surface area contributed by atoms with Crippen molar-refractivity contribution >= 4 is 17.5 Å². The molecule has 1 saturated carbocycles. The zero-order chi connectivity index (χ0) is 27.9. The Morgan fingerprint density at radius 1 is 0.925 bits per heavy atom. The van der Waals surface area contributed by atoms with Gasteiger partial charge in [-0.15, -0.1) is 0 Å². The summed E-state index contributed by atoms with van der Waals surface area (Å²) in [5.41, 5.74) is 6.02. The number of anilines is 1. The zero-order valence-corrected chi connectivity index (χ0v) is 23.7. The Morgan fingerprint density at radius 2 is 1.62 bits per heavy atom. The SMILES string of the molecule is CN(C)C(=O)c1ccc(CN2CCn3c(C(=O)NCc4ccc(NC5(C)COC5)cc4)ccc3C23CCC3)cc1. The first-order valence-corrected chi connectivity index (χ1v) is 14.3. The van der Waals surface area contributed by atoms with Crippen molar-refractivity contribution in [3.63, 3.8) is 0 Å². The Bertz CT molecular complexity index is 1380. The molecule has 0 bridgehead atoms. The molecule has 0 radical (unpaired) electrons. The summed E-state index contributed by atoms with van der Waals surface area (Å²) in [5.74, 6) is -0.0109. The number of ether oxygens (including phenoxy) is 1. The molecule has 2 fully saturated rings. The lowest BCUT2D eigenvalue weighted by Gasteiger charge is -2.53. The molecule has 2 aromatic carbocycles. The summed E-state index contributed by atoms with van der Waals surface area (Å²) < 4.78 is 7.56. The predicted octanol–water partition coefficient (Wildman–Crippen LogP) is 4.22. The average Bonchev–Trinajstić information content (AvgIpc) is 3.35. The summed E-state index contributed by atoms with van der Waals surface area (Å²) in [7, 11) is 3.55. The highest BCUT2D eigenvalue weighted by atomic mass is 16.5. The van der Waals surface area contributed by atoms with Gasteiger partial charge in [-0.25, -0.2) is 0 Å². The van der Waals surface area contributed by atoms with E-state index in [-0.39, 0.29) is 22.9 Å². The topological polar surface area (TPSA) is 78.8 Å². The first-order chi connectivity index (χ1) is 19.3. The molecule has 3 aromatic rings. The fourth-order valence-corrected chi connectivity index (χ4v) is 6.26. The first kappa shape index (κ1) is 26.6. The molecule has 0 unspecified atom stereocenters. The Hall–Kier alpha value is -3.62. The largest absolute Gasteiger partial charge is 0.376 e. The second-order valence-corrected chi connectivity index (χ2v) is 12.0. The van der Waals surface area contributed by atoms with E-state index in [1.54, 1.807) is 19.0 Å². The van der Waals surface area contributed by atoms with Crippen LogP contribution in [-0.4, -0.2) is 65.6 Å². The van der Waals surface area contributed by atoms with Crippen LogP contribution in [0.1, 0.15) is 63.9 Å². The fraction of sp³-hybridized carbons (Fsp3) is 0.438. The number of carbonyl (C=O) groups excluding carboxylic acids is 2. The Morgan fingerprint density at radius 3 is 2.23 bits per heavy atom. The highest BCUT2D eigenvalue weighted by Crippen LogP contribution is 2.49. The van der Waals surface area contributed by atoms with Gasteiger partial charge in [-0.2, -0.15) is 0 Å². The number of nitrogens with one attached hydrogen (secondary N) is 2. The third kappa shape index (κ3) is 4.90. The fourth-order valence-electron chi connectivity index (χ4n) is 6.26. The van der Waals surface area contributed by atoms with Crippen molar-refractivity contribution in [1.29, 1.82) is 0 Å². The molecule has 0 atom stereocenters. The quantitative estimate of drug-likeness (QED) is 0.447. The van der Waals surface area contributed by atoms with E-state index in [0.717, 1.165) is 62.6 Å². The second-order valence-electron chi connectivity index (χ2n) is 12.0. The van der Waals surface area contributed by atoms with Gasteiger partial charge < -0.3 is 24.8 Å². The molecule has 40 heavy (non-hydrogen) atoms. The number of benzene rings is 2. The number of aromatic nitrogens is 1. The van der Waals surface area contributed by atoms with Crippen LogP contribution in [0, 0.1) is 0 Å². The number of amides is 2. The number of nitrogens with zero attached hydrogens (tertiary/aromatic N) is 3. The van der Waals surface area contributed by atoms with Crippen molar-refractivity contribution in [1.82, 2.24) is 19.7 Å². The minimum Gasteiger partial charge on any atom is -0.376 e. The minimum absolute atomic E-state index is 0.00814. The highest BCUT2D eigenvalue weighted by Gasteiger charge is 2.48. The van der Waals surface area contributed by atoms with E-state index in [1.807, 2.05) is 18.2 Å². The van der Waals surface area contributed by atoms with Gasteiger partial charge in [0.1, 0.15) is 5.69 Å². The molecule has 1 aliphatic carbocycles. The lowest BCUT2D eigenvalue weighted by molar-refractivity contribution is -0.0318. The molecule has 2 aliphatic heterocycles. The predicted molar refractivity (Wildman–Crippen MR) is 155 cm³/mol. The van der Waals surface area contributed by atoms with Gasteiger partial charge >= 0.3 is 0 Å². The van der Waals surface area contributed by atoms with Crippen molar-refractivity contribution in [2.45, 2.75) is 56.9 Å². The van der Waals surface area contributed by atoms with Gasteiger partial charge in [0.25, 0.3) is 11.8 Å². The average molecular weight is 542 g/mol. The highest BCUT2D eigenvalue weighted by molar-refractivity contribution is 5.94. The monoisotopic (exact) mass is 541 g/mol. The molecule has 8 heteroatoms. The normalized spacial score (nSPS) is 18.8. The van der Waals surface area contributed by atoms with Gasteiger partial charge in [0, 0.05) is 57.2 Å². The summed E-state index contributed by atoms with van der Waals surface area (Å²) >= 11 is 0. The number of carbonyl (C=O) groups is 2. The number of hydrogen-bond donors (Lipinski definition) is 2. The van der Waals surface area contributed by atoms with E-state index in [1.165, 1.54) is 17.7 Å². The molecule has 210 valence electrons. The Labute approximate surface area is 236 Å². The molecular formula is C32H39N5O3. The van der Waals surface area contributed by atoms with Gasteiger partial charge in [0.05, 0.1) is 24.3 Å². The standard InChI is InChI=1S/C32H39N5O3/c1-31(21-40-22-31)34-26-11-7-23(8-12-26)19-33-29(38)27-13-14-28-32(15-4-16-32)36(17-18-37(27)28)20-24-5-9-25(10-6-24)30(39)35(2)3/h5-14,34H,4,15-22H2,1-3H3,(H,33,38). The number of fused-ring (bicyclic) bond motifs is 2. The minimum atomic E-state index is -0.0309. The van der Waals surface area contributed by atoms with E-state index < -0.39 is 0 Å². The second kappa shape index (κ2) is 10.4. The molecule has 1 aromatic heterocycles. The summed E-state index contributed by atoms with van der Waals surface area (Å²) in [5, 5.41) is 6.65. The van der Waals surface area contributed by atoms with E-state index in [2.05, 4.69) is 69.5 Å². The maximum atomic E-state index is 13.3. The van der Waals surface area contributed by atoms with Crippen molar-refractivity contribution < 1.29 is 14.3 Å². The molecule has 1 saturated heterocycles. The van der Waals surface area contributed by atoms with Crippen LogP contribution in [0.15, 0.2) is 60.7 Å². The first-order valence-electron chi connectivity index (χ1n) is 14.3. The van der Waals surface area contributed by atoms with E-state index >= 15 is 0 Å². The summed E-state index contributed by atoms with van der Waals surface area (Å²) in [6, 6.07) is 20.4. The van der Waals surface area contributed by atoms with Crippen LogP contribution >= 0.6 is 0 Å². The molecule has 2 amide bonds. The van der Waals surface area contributed by atoms with Gasteiger partial charge in [-0.1, -0.05) is 24.3 Å². The Balaban J connectivity index is 1.11. The molecule has 8 nitrogen and oxygen atoms in total. The van der Waals surface area contributed by atoms with Crippen LogP contribution in [0.3, 0.4) is 0 Å². The van der Waals surface area contributed by atoms with Crippen LogP contribution in [0.2, 0.25) is 0 Å². The lowest BCUT2D eigenvalue weighted by atomic mass is 9.71. The molecule has 1 spiro atoms. The summed E-state index contributed by atoms with van der Waals surface area (Å²) in [6.07, 6.45) is 3.39. The van der Waals surface area contributed by atoms with Crippen LogP contribution in [0.4, 0.5) is 5.69 Å². The maximum Gasteiger partial charge on any atom is 0.268 e. The van der Waals surface area contributed by atoms with Crippen molar-refractivity contribution in [2.75, 3.05) is 39.2 Å². The molecule has 3 aliphatic rings. The van der Waals surface area contributed by atoms with E-state index in [0.29, 0.717) is 12.1 Å². The maximum absolute atomic E-state index is 13.3. The van der Waals surface area contributed by atoms with Gasteiger partial charge in [-0.3, -0.25) is 14.5 Å². The smallest absolute Gasteiger partial charge is 0.268 e.